The van der Waals surface area contributed by atoms with Crippen LogP contribution in [0.25, 0.3) is 0 Å². The number of nitrogens with zero attached hydrogens (tertiary/aromatic N) is 1. The first-order valence-corrected chi connectivity index (χ1v) is 6.19. The Morgan fingerprint density at radius 2 is 2.06 bits per heavy atom. The van der Waals surface area contributed by atoms with Crippen molar-refractivity contribution in [3.63, 3.8) is 0 Å². The van der Waals surface area contributed by atoms with Gasteiger partial charge in [0.1, 0.15) is 0 Å². The van der Waals surface area contributed by atoms with E-state index in [0.29, 0.717) is 11.8 Å². The number of hydrogen-bond donors (Lipinski definition) is 1. The second-order valence-corrected chi connectivity index (χ2v) is 5.27. The summed E-state index contributed by atoms with van der Waals surface area (Å²) < 4.78 is 0. The van der Waals surface area contributed by atoms with E-state index in [9.17, 15) is 0 Å². The summed E-state index contributed by atoms with van der Waals surface area (Å²) in [5.74, 6) is 1.18. The molecule has 0 aliphatic carbocycles. The molecule has 1 heterocycles. The molecule has 0 saturated carbocycles. The van der Waals surface area contributed by atoms with Gasteiger partial charge in [0.05, 0.1) is 0 Å². The molecule has 2 rings (SSSR count). The maximum absolute atomic E-state index is 6.16. The van der Waals surface area contributed by atoms with Crippen LogP contribution >= 0.6 is 0 Å². The van der Waals surface area contributed by atoms with Crippen LogP contribution in [0.3, 0.4) is 0 Å². The molecule has 0 fully saturated rings. The Bertz CT molecular complexity index is 360. The van der Waals surface area contributed by atoms with Gasteiger partial charge in [0, 0.05) is 30.7 Å². The number of rotatable bonds is 3. The summed E-state index contributed by atoms with van der Waals surface area (Å²) in [6, 6.07) is 8.96. The minimum atomic E-state index is 0.262. The first kappa shape index (κ1) is 11.5. The maximum atomic E-state index is 6.16. The Kier molecular flexibility index (Phi) is 3.20. The lowest BCUT2D eigenvalue weighted by Crippen LogP contribution is -2.40. The predicted molar refractivity (Wildman–Crippen MR) is 69.9 cm³/mol. The maximum Gasteiger partial charge on any atom is 0.0402 e. The Labute approximate surface area is 98.4 Å². The van der Waals surface area contributed by atoms with E-state index in [1.807, 2.05) is 0 Å². The first-order valence-electron chi connectivity index (χ1n) is 6.19. The number of nitrogens with two attached hydrogens (primary N) is 1. The van der Waals surface area contributed by atoms with Crippen LogP contribution in [0.4, 0.5) is 5.69 Å². The van der Waals surface area contributed by atoms with E-state index in [1.54, 1.807) is 0 Å². The molecule has 0 bridgehead atoms. The molecule has 2 atom stereocenters. The highest BCUT2D eigenvalue weighted by Gasteiger charge is 2.26. The Morgan fingerprint density at radius 3 is 2.75 bits per heavy atom. The van der Waals surface area contributed by atoms with Gasteiger partial charge in [0.15, 0.2) is 0 Å². The standard InChI is InChI=1S/C14H22N2/c1-10(2)13(15)9-16-8-11(3)12-6-4-5-7-14(12)16/h4-7,10-11,13H,8-9,15H2,1-3H3/t11?,13-/m1/s1. The predicted octanol–water partition coefficient (Wildman–Crippen LogP) is 2.59. The highest BCUT2D eigenvalue weighted by Crippen LogP contribution is 2.35. The summed E-state index contributed by atoms with van der Waals surface area (Å²) in [7, 11) is 0. The lowest BCUT2D eigenvalue weighted by Gasteiger charge is -2.25. The monoisotopic (exact) mass is 218 g/mol. The van der Waals surface area contributed by atoms with Crippen LogP contribution in [0.15, 0.2) is 24.3 Å². The van der Waals surface area contributed by atoms with Crippen molar-refractivity contribution in [2.45, 2.75) is 32.7 Å². The number of benzene rings is 1. The Balaban J connectivity index is 2.15. The van der Waals surface area contributed by atoms with Crippen LogP contribution in [0.1, 0.15) is 32.3 Å². The zero-order valence-corrected chi connectivity index (χ0v) is 10.5. The third-order valence-corrected chi connectivity index (χ3v) is 3.59. The fourth-order valence-corrected chi connectivity index (χ4v) is 2.36. The van der Waals surface area contributed by atoms with Crippen LogP contribution in [0.2, 0.25) is 0 Å². The van der Waals surface area contributed by atoms with Crippen LogP contribution in [-0.4, -0.2) is 19.1 Å². The van der Waals surface area contributed by atoms with Gasteiger partial charge in [-0.15, -0.1) is 0 Å². The molecule has 1 aliphatic rings. The minimum absolute atomic E-state index is 0.262. The topological polar surface area (TPSA) is 29.3 Å². The summed E-state index contributed by atoms with van der Waals surface area (Å²) >= 11 is 0. The Morgan fingerprint density at radius 1 is 1.38 bits per heavy atom. The molecule has 0 spiro atoms. The van der Waals surface area contributed by atoms with Crippen molar-refractivity contribution >= 4 is 5.69 Å². The minimum Gasteiger partial charge on any atom is -0.369 e. The highest BCUT2D eigenvalue weighted by atomic mass is 15.2. The summed E-state index contributed by atoms with van der Waals surface area (Å²) in [5, 5.41) is 0. The molecule has 1 aliphatic heterocycles. The third-order valence-electron chi connectivity index (χ3n) is 3.59. The van der Waals surface area contributed by atoms with Crippen molar-refractivity contribution in [3.05, 3.63) is 29.8 Å². The van der Waals surface area contributed by atoms with E-state index in [2.05, 4.69) is 49.9 Å². The molecule has 88 valence electrons. The number of anilines is 1. The fraction of sp³-hybridized carbons (Fsp3) is 0.571. The largest absolute Gasteiger partial charge is 0.369 e. The van der Waals surface area contributed by atoms with Gasteiger partial charge >= 0.3 is 0 Å². The lowest BCUT2D eigenvalue weighted by molar-refractivity contribution is 0.485. The molecule has 2 nitrogen and oxygen atoms in total. The SMILES string of the molecule is CC1CN(C[C@@H](N)C(C)C)c2ccccc21. The van der Waals surface area contributed by atoms with Gasteiger partial charge in [-0.1, -0.05) is 39.0 Å². The van der Waals surface area contributed by atoms with Crippen LogP contribution < -0.4 is 10.6 Å². The highest BCUT2D eigenvalue weighted by molar-refractivity contribution is 5.60. The van der Waals surface area contributed by atoms with Crippen molar-refractivity contribution in [3.8, 4) is 0 Å². The first-order chi connectivity index (χ1) is 7.59. The summed E-state index contributed by atoms with van der Waals surface area (Å²) in [4.78, 5) is 2.44. The second-order valence-electron chi connectivity index (χ2n) is 5.27. The van der Waals surface area contributed by atoms with Gasteiger partial charge < -0.3 is 10.6 Å². The number of hydrogen-bond acceptors (Lipinski definition) is 2. The lowest BCUT2D eigenvalue weighted by atomic mass is 10.0. The molecule has 1 unspecified atom stereocenters. The summed E-state index contributed by atoms with van der Waals surface area (Å²) in [6.07, 6.45) is 0. The molecule has 2 N–H and O–H groups in total. The summed E-state index contributed by atoms with van der Waals surface area (Å²) in [6.45, 7) is 8.75. The zero-order valence-electron chi connectivity index (χ0n) is 10.5. The van der Waals surface area contributed by atoms with Gasteiger partial charge in [-0.25, -0.2) is 0 Å². The fourth-order valence-electron chi connectivity index (χ4n) is 2.36. The normalized spacial score (nSPS) is 21.3. The summed E-state index contributed by atoms with van der Waals surface area (Å²) in [5.41, 5.74) is 9.01. The van der Waals surface area contributed by atoms with Gasteiger partial charge in [0.25, 0.3) is 0 Å². The van der Waals surface area contributed by atoms with Crippen molar-refractivity contribution in [2.24, 2.45) is 11.7 Å². The molecule has 2 heteroatoms. The van der Waals surface area contributed by atoms with Gasteiger partial charge in [0.2, 0.25) is 0 Å². The van der Waals surface area contributed by atoms with Gasteiger partial charge in [-0.3, -0.25) is 0 Å². The van der Waals surface area contributed by atoms with Crippen molar-refractivity contribution in [1.82, 2.24) is 0 Å². The van der Waals surface area contributed by atoms with E-state index in [4.69, 9.17) is 5.73 Å². The molecule has 16 heavy (non-hydrogen) atoms. The number of para-hydroxylation sites is 1. The van der Waals surface area contributed by atoms with E-state index in [1.165, 1.54) is 11.3 Å². The van der Waals surface area contributed by atoms with Crippen LogP contribution in [-0.2, 0) is 0 Å². The molecule has 0 saturated heterocycles. The van der Waals surface area contributed by atoms with E-state index in [0.717, 1.165) is 13.1 Å². The zero-order chi connectivity index (χ0) is 11.7. The van der Waals surface area contributed by atoms with Gasteiger partial charge in [-0.05, 0) is 17.5 Å². The third kappa shape index (κ3) is 2.07. The van der Waals surface area contributed by atoms with E-state index >= 15 is 0 Å². The quantitative estimate of drug-likeness (QED) is 0.845. The van der Waals surface area contributed by atoms with E-state index in [-0.39, 0.29) is 6.04 Å². The average molecular weight is 218 g/mol. The molecular formula is C14H22N2. The molecule has 0 aromatic heterocycles. The molecule has 1 aromatic rings. The van der Waals surface area contributed by atoms with Crippen molar-refractivity contribution in [1.29, 1.82) is 0 Å². The molecule has 0 amide bonds. The van der Waals surface area contributed by atoms with E-state index < -0.39 is 0 Å². The average Bonchev–Trinajstić information content (AvgIpc) is 2.57. The van der Waals surface area contributed by atoms with Crippen LogP contribution in [0.5, 0.6) is 0 Å². The molecular weight excluding hydrogens is 196 g/mol. The van der Waals surface area contributed by atoms with Crippen LogP contribution in [0, 0.1) is 5.92 Å². The number of fused-ring (bicyclic) bond motifs is 1. The Hall–Kier alpha value is -1.02. The smallest absolute Gasteiger partial charge is 0.0402 e. The van der Waals surface area contributed by atoms with Crippen molar-refractivity contribution in [2.75, 3.05) is 18.0 Å². The van der Waals surface area contributed by atoms with Gasteiger partial charge in [-0.2, -0.15) is 0 Å². The molecule has 0 radical (unpaired) electrons. The van der Waals surface area contributed by atoms with Crippen molar-refractivity contribution < 1.29 is 0 Å². The molecule has 1 aromatic carbocycles. The second kappa shape index (κ2) is 4.46.